The van der Waals surface area contributed by atoms with Gasteiger partial charge >= 0.3 is 0 Å². The topological polar surface area (TPSA) is 32.3 Å². The molecule has 0 saturated carbocycles. The predicted molar refractivity (Wildman–Crippen MR) is 128 cm³/mol. The monoisotopic (exact) mass is 400 g/mol. The zero-order valence-electron chi connectivity index (χ0n) is 18.9. The number of nitrogens with zero attached hydrogens (tertiary/aromatic N) is 2. The molecule has 0 radical (unpaired) electrons. The van der Waals surface area contributed by atoms with E-state index in [0.717, 1.165) is 13.1 Å². The Labute approximate surface area is 181 Å². The maximum Gasteiger partial charge on any atom is 0.209 e. The third kappa shape index (κ3) is 3.04. The smallest absolute Gasteiger partial charge is 0.209 e. The van der Waals surface area contributed by atoms with Crippen molar-refractivity contribution in [3.8, 4) is 0 Å². The van der Waals surface area contributed by atoms with Gasteiger partial charge in [0.15, 0.2) is 12.3 Å². The van der Waals surface area contributed by atoms with Crippen LogP contribution in [0.3, 0.4) is 0 Å². The van der Waals surface area contributed by atoms with E-state index in [4.69, 9.17) is 5.73 Å². The molecule has 156 valence electrons. The van der Waals surface area contributed by atoms with E-state index in [-0.39, 0.29) is 10.8 Å². The lowest BCUT2D eigenvalue weighted by molar-refractivity contribution is -0.434. The zero-order valence-corrected chi connectivity index (χ0v) is 18.9. The van der Waals surface area contributed by atoms with E-state index in [2.05, 4.69) is 111 Å². The van der Waals surface area contributed by atoms with E-state index >= 15 is 0 Å². The third-order valence-corrected chi connectivity index (χ3v) is 6.78. The van der Waals surface area contributed by atoms with Gasteiger partial charge < -0.3 is 10.6 Å². The van der Waals surface area contributed by atoms with Gasteiger partial charge in [-0.1, -0.05) is 56.3 Å². The molecule has 2 aromatic carbocycles. The summed E-state index contributed by atoms with van der Waals surface area (Å²) in [6.07, 6.45) is 6.82. The van der Waals surface area contributed by atoms with Crippen LogP contribution in [0.1, 0.15) is 45.7 Å². The molecule has 0 saturated heterocycles. The zero-order chi connectivity index (χ0) is 21.5. The molecule has 2 heterocycles. The van der Waals surface area contributed by atoms with Crippen LogP contribution in [0.5, 0.6) is 0 Å². The lowest BCUT2D eigenvalue weighted by Gasteiger charge is -2.25. The van der Waals surface area contributed by atoms with Crippen molar-refractivity contribution in [2.24, 2.45) is 5.73 Å². The summed E-state index contributed by atoms with van der Waals surface area (Å²) in [4.78, 5) is 2.44. The molecule has 0 fully saturated rings. The number of hydrogen-bond acceptors (Lipinski definition) is 2. The van der Waals surface area contributed by atoms with Gasteiger partial charge in [0.25, 0.3) is 0 Å². The van der Waals surface area contributed by atoms with Gasteiger partial charge in [-0.2, -0.15) is 4.58 Å². The number of likely N-dealkylation sites (N-methyl/N-ethyl adjacent to an activating group) is 1. The van der Waals surface area contributed by atoms with Crippen molar-refractivity contribution < 1.29 is 4.58 Å². The average Bonchev–Trinajstić information content (AvgIpc) is 3.08. The summed E-state index contributed by atoms with van der Waals surface area (Å²) >= 11 is 0. The highest BCUT2D eigenvalue weighted by atomic mass is 15.2. The molecular weight excluding hydrogens is 366 g/mol. The molecule has 2 aliphatic heterocycles. The number of hydrogen-bond donors (Lipinski definition) is 1. The second kappa shape index (κ2) is 7.55. The third-order valence-electron chi connectivity index (χ3n) is 6.78. The molecule has 3 heteroatoms. The summed E-state index contributed by atoms with van der Waals surface area (Å²) < 4.78 is 2.39. The Morgan fingerprint density at radius 1 is 0.933 bits per heavy atom. The highest BCUT2D eigenvalue weighted by molar-refractivity contribution is 6.03. The second-order valence-corrected chi connectivity index (χ2v) is 9.27. The molecule has 2 aliphatic rings. The molecule has 4 rings (SSSR count). The van der Waals surface area contributed by atoms with E-state index in [9.17, 15) is 0 Å². The lowest BCUT2D eigenvalue weighted by Crippen LogP contribution is -2.29. The van der Waals surface area contributed by atoms with Gasteiger partial charge in [-0.05, 0) is 38.5 Å². The second-order valence-electron chi connectivity index (χ2n) is 9.27. The van der Waals surface area contributed by atoms with E-state index in [1.807, 2.05) is 0 Å². The minimum atomic E-state index is -0.0423. The number of allylic oxidation sites excluding steroid dienone is 4. The fourth-order valence-electron chi connectivity index (χ4n) is 5.22. The van der Waals surface area contributed by atoms with Crippen molar-refractivity contribution in [2.75, 3.05) is 24.5 Å². The highest BCUT2D eigenvalue weighted by Gasteiger charge is 2.44. The van der Waals surface area contributed by atoms with Crippen LogP contribution in [0.4, 0.5) is 11.4 Å². The van der Waals surface area contributed by atoms with E-state index in [0.29, 0.717) is 6.54 Å². The molecule has 0 unspecified atom stereocenters. The number of anilines is 1. The molecule has 0 amide bonds. The van der Waals surface area contributed by atoms with E-state index in [1.54, 1.807) is 0 Å². The Balaban J connectivity index is 1.75. The van der Waals surface area contributed by atoms with Gasteiger partial charge in [0.05, 0.1) is 12.0 Å². The summed E-state index contributed by atoms with van der Waals surface area (Å²) in [6, 6.07) is 17.5. The van der Waals surface area contributed by atoms with Crippen LogP contribution < -0.4 is 10.6 Å². The summed E-state index contributed by atoms with van der Waals surface area (Å²) in [5, 5.41) is 0. The Kier molecular flexibility index (Phi) is 5.19. The molecule has 0 atom stereocenters. The Morgan fingerprint density at radius 2 is 1.60 bits per heavy atom. The van der Waals surface area contributed by atoms with Crippen molar-refractivity contribution in [1.29, 1.82) is 0 Å². The van der Waals surface area contributed by atoms with Gasteiger partial charge in [0.2, 0.25) is 5.69 Å². The largest absolute Gasteiger partial charge is 0.344 e. The van der Waals surface area contributed by atoms with Crippen LogP contribution in [0.15, 0.2) is 72.5 Å². The van der Waals surface area contributed by atoms with Crippen molar-refractivity contribution in [3.05, 3.63) is 83.6 Å². The van der Waals surface area contributed by atoms with Crippen molar-refractivity contribution in [2.45, 2.75) is 45.4 Å². The summed E-state index contributed by atoms with van der Waals surface area (Å²) in [7, 11) is 0. The molecule has 0 bridgehead atoms. The fraction of sp³-hybridized carbons (Fsp3) is 0.370. The summed E-state index contributed by atoms with van der Waals surface area (Å²) in [5.41, 5.74) is 14.0. The number of fused-ring (bicyclic) bond motifs is 2. The maximum absolute atomic E-state index is 5.97. The van der Waals surface area contributed by atoms with Gasteiger partial charge in [-0.15, -0.1) is 0 Å². The van der Waals surface area contributed by atoms with Crippen molar-refractivity contribution in [3.63, 3.8) is 0 Å². The number of benzene rings is 2. The molecule has 0 spiro atoms. The number of para-hydroxylation sites is 2. The number of rotatable bonds is 5. The predicted octanol–water partition coefficient (Wildman–Crippen LogP) is 5.28. The normalized spacial score (nSPS) is 20.3. The lowest BCUT2D eigenvalue weighted by atomic mass is 9.81. The Bertz CT molecular complexity index is 1050. The van der Waals surface area contributed by atoms with Crippen LogP contribution in [0.25, 0.3) is 0 Å². The van der Waals surface area contributed by atoms with Gasteiger partial charge in [0.1, 0.15) is 0 Å². The molecule has 30 heavy (non-hydrogen) atoms. The van der Waals surface area contributed by atoms with Crippen LogP contribution in [-0.2, 0) is 10.8 Å². The molecule has 3 nitrogen and oxygen atoms in total. The van der Waals surface area contributed by atoms with Gasteiger partial charge in [-0.3, -0.25) is 0 Å². The van der Waals surface area contributed by atoms with E-state index < -0.39 is 0 Å². The van der Waals surface area contributed by atoms with Gasteiger partial charge in [0, 0.05) is 41.1 Å². The minimum absolute atomic E-state index is 0.00723. The minimum Gasteiger partial charge on any atom is -0.344 e. The van der Waals surface area contributed by atoms with Crippen LogP contribution in [-0.4, -0.2) is 29.9 Å². The summed E-state index contributed by atoms with van der Waals surface area (Å²) in [5.74, 6) is 0. The van der Waals surface area contributed by atoms with Gasteiger partial charge in [-0.25, -0.2) is 0 Å². The van der Waals surface area contributed by atoms with Crippen LogP contribution >= 0.6 is 0 Å². The first-order valence-electron chi connectivity index (χ1n) is 11.0. The van der Waals surface area contributed by atoms with Crippen LogP contribution in [0.2, 0.25) is 0 Å². The van der Waals surface area contributed by atoms with Crippen LogP contribution in [0, 0.1) is 0 Å². The number of nitrogens with two attached hydrogens (primary N) is 1. The SMILES string of the molecule is CCN1/C(=C/C=C/C2=[N+](CCN)c3ccccc3C2(C)C)C(C)(C)c2ccccc21. The Morgan fingerprint density at radius 3 is 2.30 bits per heavy atom. The first kappa shape index (κ1) is 20.6. The summed E-state index contributed by atoms with van der Waals surface area (Å²) in [6.45, 7) is 13.9. The maximum atomic E-state index is 5.97. The fourth-order valence-corrected chi connectivity index (χ4v) is 5.22. The first-order chi connectivity index (χ1) is 14.3. The standard InChI is InChI=1S/C27H34N3/c1-6-29-22-14-9-7-12-20(22)26(2,3)24(29)16-11-17-25-27(4,5)21-13-8-10-15-23(21)30(25)19-18-28/h7-17H,6,18-19,28H2,1-5H3/q+1. The van der Waals surface area contributed by atoms with Crippen molar-refractivity contribution >= 4 is 17.1 Å². The quantitative estimate of drug-likeness (QED) is 0.693. The molecule has 0 aromatic heterocycles. The average molecular weight is 401 g/mol. The van der Waals surface area contributed by atoms with E-state index in [1.165, 1.54) is 33.9 Å². The van der Waals surface area contributed by atoms with Crippen molar-refractivity contribution in [1.82, 2.24) is 0 Å². The Hall–Kier alpha value is -2.65. The highest BCUT2D eigenvalue weighted by Crippen LogP contribution is 2.47. The molecule has 2 aromatic rings. The molecular formula is C27H34N3+. The molecule has 0 aliphatic carbocycles. The molecule has 2 N–H and O–H groups in total. The first-order valence-corrected chi connectivity index (χ1v) is 11.0.